The molecule has 4 heteroatoms. The maximum Gasteiger partial charge on any atom is 0.308 e. The van der Waals surface area contributed by atoms with Crippen LogP contribution in [0.25, 0.3) is 0 Å². The first-order valence-electron chi connectivity index (χ1n) is 6.44. The quantitative estimate of drug-likeness (QED) is 0.803. The van der Waals surface area contributed by atoms with Gasteiger partial charge in [-0.05, 0) is 38.5 Å². The molecule has 106 valence electrons. The average molecular weight is 265 g/mol. The van der Waals surface area contributed by atoms with Crippen LogP contribution in [-0.4, -0.2) is 25.2 Å². The molecule has 0 heterocycles. The lowest BCUT2D eigenvalue weighted by Gasteiger charge is -2.20. The molecule has 0 bridgehead atoms. The summed E-state index contributed by atoms with van der Waals surface area (Å²) in [7, 11) is 1.37. The summed E-state index contributed by atoms with van der Waals surface area (Å²) >= 11 is 0. The van der Waals surface area contributed by atoms with E-state index in [9.17, 15) is 4.79 Å². The van der Waals surface area contributed by atoms with Crippen LogP contribution in [0.1, 0.15) is 32.8 Å². The maximum atomic E-state index is 10.9. The molecule has 19 heavy (non-hydrogen) atoms. The molecule has 0 atom stereocenters. The van der Waals surface area contributed by atoms with Gasteiger partial charge in [0.1, 0.15) is 5.75 Å². The molecule has 1 rings (SSSR count). The van der Waals surface area contributed by atoms with Crippen molar-refractivity contribution in [2.75, 3.05) is 13.7 Å². The van der Waals surface area contributed by atoms with Crippen molar-refractivity contribution in [1.29, 1.82) is 0 Å². The number of carbonyl (C=O) groups is 1. The van der Waals surface area contributed by atoms with E-state index in [-0.39, 0.29) is 17.9 Å². The lowest BCUT2D eigenvalue weighted by molar-refractivity contribution is -0.141. The summed E-state index contributed by atoms with van der Waals surface area (Å²) in [5, 5.41) is 3.42. The molecule has 0 saturated carbocycles. The zero-order chi connectivity index (χ0) is 14.3. The van der Waals surface area contributed by atoms with Crippen molar-refractivity contribution in [1.82, 2.24) is 5.32 Å². The van der Waals surface area contributed by atoms with Gasteiger partial charge in [-0.2, -0.15) is 0 Å². The molecular formula is C15H23NO3. The second-order valence-corrected chi connectivity index (χ2v) is 5.42. The fourth-order valence-electron chi connectivity index (χ4n) is 1.43. The summed E-state index contributed by atoms with van der Waals surface area (Å²) < 4.78 is 10.0. The van der Waals surface area contributed by atoms with E-state index in [0.717, 1.165) is 12.3 Å². The van der Waals surface area contributed by atoms with Gasteiger partial charge in [-0.15, -0.1) is 0 Å². The van der Waals surface area contributed by atoms with Gasteiger partial charge < -0.3 is 14.8 Å². The van der Waals surface area contributed by atoms with Crippen molar-refractivity contribution < 1.29 is 14.3 Å². The Balaban J connectivity index is 2.37. The van der Waals surface area contributed by atoms with E-state index in [2.05, 4.69) is 30.8 Å². The zero-order valence-corrected chi connectivity index (χ0v) is 12.2. The van der Waals surface area contributed by atoms with Crippen LogP contribution in [0, 0.1) is 0 Å². The number of nitrogens with one attached hydrogen (secondary N) is 1. The third-order valence-corrected chi connectivity index (χ3v) is 2.55. The summed E-state index contributed by atoms with van der Waals surface area (Å²) in [5.41, 5.74) is 1.31. The summed E-state index contributed by atoms with van der Waals surface area (Å²) in [6.45, 7) is 7.57. The Morgan fingerprint density at radius 2 is 1.84 bits per heavy atom. The van der Waals surface area contributed by atoms with Gasteiger partial charge in [0, 0.05) is 12.1 Å². The summed E-state index contributed by atoms with van der Waals surface area (Å²) in [4.78, 5) is 10.9. The van der Waals surface area contributed by atoms with Crippen LogP contribution in [-0.2, 0) is 16.1 Å². The fourth-order valence-corrected chi connectivity index (χ4v) is 1.43. The summed E-state index contributed by atoms with van der Waals surface area (Å²) in [5.74, 6) is 0.509. The number of benzene rings is 1. The number of ether oxygens (including phenoxy) is 2. The van der Waals surface area contributed by atoms with Gasteiger partial charge in [-0.25, -0.2) is 0 Å². The maximum absolute atomic E-state index is 10.9. The predicted molar refractivity (Wildman–Crippen MR) is 75.2 cm³/mol. The Labute approximate surface area is 115 Å². The molecule has 0 aliphatic carbocycles. The molecule has 0 aliphatic heterocycles. The number of hydrogen-bond donors (Lipinski definition) is 1. The molecule has 1 aromatic carbocycles. The van der Waals surface area contributed by atoms with E-state index in [1.807, 2.05) is 24.3 Å². The Bertz CT molecular complexity index is 393. The van der Waals surface area contributed by atoms with Gasteiger partial charge in [0.2, 0.25) is 0 Å². The van der Waals surface area contributed by atoms with E-state index in [1.165, 1.54) is 12.7 Å². The van der Waals surface area contributed by atoms with Crippen LogP contribution in [0.5, 0.6) is 5.75 Å². The van der Waals surface area contributed by atoms with Gasteiger partial charge in [0.05, 0.1) is 20.1 Å². The van der Waals surface area contributed by atoms with Crippen molar-refractivity contribution in [3.05, 3.63) is 29.8 Å². The van der Waals surface area contributed by atoms with Crippen LogP contribution in [0.2, 0.25) is 0 Å². The van der Waals surface area contributed by atoms with Gasteiger partial charge in [0.15, 0.2) is 0 Å². The highest BCUT2D eigenvalue weighted by Crippen LogP contribution is 2.13. The van der Waals surface area contributed by atoms with Crippen molar-refractivity contribution in [2.24, 2.45) is 0 Å². The normalized spacial score (nSPS) is 11.2. The molecule has 0 amide bonds. The lowest BCUT2D eigenvalue weighted by Crippen LogP contribution is -2.35. The minimum absolute atomic E-state index is 0.107. The minimum Gasteiger partial charge on any atom is -0.493 e. The van der Waals surface area contributed by atoms with Gasteiger partial charge >= 0.3 is 5.97 Å². The van der Waals surface area contributed by atoms with E-state index >= 15 is 0 Å². The molecular weight excluding hydrogens is 242 g/mol. The molecule has 0 aliphatic rings. The second kappa shape index (κ2) is 7.14. The molecule has 1 aromatic rings. The Hall–Kier alpha value is -1.55. The van der Waals surface area contributed by atoms with Crippen molar-refractivity contribution in [3.8, 4) is 5.75 Å². The monoisotopic (exact) mass is 265 g/mol. The van der Waals surface area contributed by atoms with Crippen molar-refractivity contribution >= 4 is 5.97 Å². The third kappa shape index (κ3) is 6.82. The minimum atomic E-state index is -0.258. The first-order chi connectivity index (χ1) is 8.90. The molecule has 0 saturated heterocycles. The molecule has 0 spiro atoms. The molecule has 0 radical (unpaired) electrons. The molecule has 0 aromatic heterocycles. The van der Waals surface area contributed by atoms with Crippen LogP contribution in [0.15, 0.2) is 24.3 Å². The van der Waals surface area contributed by atoms with Gasteiger partial charge in [-0.1, -0.05) is 12.1 Å². The van der Waals surface area contributed by atoms with Crippen LogP contribution in [0.3, 0.4) is 0 Å². The van der Waals surface area contributed by atoms with Crippen LogP contribution in [0.4, 0.5) is 0 Å². The number of rotatable bonds is 6. The van der Waals surface area contributed by atoms with E-state index < -0.39 is 0 Å². The molecule has 0 fully saturated rings. The summed E-state index contributed by atoms with van der Waals surface area (Å²) in [6.07, 6.45) is 0.268. The van der Waals surface area contributed by atoms with E-state index in [4.69, 9.17) is 4.74 Å². The predicted octanol–water partition coefficient (Wildman–Crippen LogP) is 2.52. The fraction of sp³-hybridized carbons (Fsp3) is 0.533. The topological polar surface area (TPSA) is 47.6 Å². The molecule has 0 unspecified atom stereocenters. The first kappa shape index (κ1) is 15.5. The van der Waals surface area contributed by atoms with Crippen molar-refractivity contribution in [2.45, 2.75) is 39.3 Å². The van der Waals surface area contributed by atoms with Crippen molar-refractivity contribution in [3.63, 3.8) is 0 Å². The largest absolute Gasteiger partial charge is 0.493 e. The van der Waals surface area contributed by atoms with E-state index in [0.29, 0.717) is 6.61 Å². The second-order valence-electron chi connectivity index (χ2n) is 5.42. The highest BCUT2D eigenvalue weighted by atomic mass is 16.5. The highest BCUT2D eigenvalue weighted by Gasteiger charge is 2.08. The number of carbonyl (C=O) groups excluding carboxylic acids is 1. The molecule has 4 nitrogen and oxygen atoms in total. The van der Waals surface area contributed by atoms with Crippen LogP contribution >= 0.6 is 0 Å². The number of hydrogen-bond acceptors (Lipinski definition) is 4. The average Bonchev–Trinajstić information content (AvgIpc) is 2.36. The SMILES string of the molecule is COC(=O)CCOc1ccc(CNC(C)(C)C)cc1. The number of methoxy groups -OCH3 is 1. The summed E-state index contributed by atoms with van der Waals surface area (Å²) in [6, 6.07) is 7.87. The third-order valence-electron chi connectivity index (χ3n) is 2.55. The van der Waals surface area contributed by atoms with Gasteiger partial charge in [0.25, 0.3) is 0 Å². The standard InChI is InChI=1S/C15H23NO3/c1-15(2,3)16-11-12-5-7-13(8-6-12)19-10-9-14(17)18-4/h5-8,16H,9-11H2,1-4H3. The smallest absolute Gasteiger partial charge is 0.308 e. The highest BCUT2D eigenvalue weighted by molar-refractivity contribution is 5.69. The first-order valence-corrected chi connectivity index (χ1v) is 6.44. The zero-order valence-electron chi connectivity index (χ0n) is 12.2. The number of esters is 1. The lowest BCUT2D eigenvalue weighted by atomic mass is 10.1. The molecule has 1 N–H and O–H groups in total. The van der Waals surface area contributed by atoms with E-state index in [1.54, 1.807) is 0 Å². The Morgan fingerprint density at radius 3 is 2.37 bits per heavy atom. The Kier molecular flexibility index (Phi) is 5.83. The van der Waals surface area contributed by atoms with Crippen LogP contribution < -0.4 is 10.1 Å². The Morgan fingerprint density at radius 1 is 1.21 bits per heavy atom. The van der Waals surface area contributed by atoms with Gasteiger partial charge in [-0.3, -0.25) is 4.79 Å².